The molecule has 1 aliphatic heterocycles. The molecule has 0 spiro atoms. The lowest BCUT2D eigenvalue weighted by Crippen LogP contribution is -2.51. The molecule has 0 N–H and O–H groups in total. The molecule has 2 fully saturated rings. The minimum atomic E-state index is 0.0185. The van der Waals surface area contributed by atoms with Gasteiger partial charge < -0.3 is 4.90 Å². The molecule has 2 heterocycles. The molecule has 1 saturated carbocycles. The Morgan fingerprint density at radius 3 is 2.71 bits per heavy atom. The van der Waals surface area contributed by atoms with E-state index in [2.05, 4.69) is 10.00 Å². The molecule has 1 aliphatic carbocycles. The molecular formula is C13H19N3O. The van der Waals surface area contributed by atoms with Crippen LogP contribution in [-0.4, -0.2) is 34.3 Å². The molecule has 0 aromatic carbocycles. The molecule has 0 bridgehead atoms. The summed E-state index contributed by atoms with van der Waals surface area (Å²) in [6.07, 6.45) is 5.94. The first-order valence-corrected chi connectivity index (χ1v) is 6.56. The van der Waals surface area contributed by atoms with E-state index in [-0.39, 0.29) is 5.56 Å². The van der Waals surface area contributed by atoms with Crippen LogP contribution in [0.1, 0.15) is 19.3 Å². The van der Waals surface area contributed by atoms with Gasteiger partial charge in [0.2, 0.25) is 0 Å². The monoisotopic (exact) mass is 233 g/mol. The highest BCUT2D eigenvalue weighted by Gasteiger charge is 2.30. The fourth-order valence-electron chi connectivity index (χ4n) is 2.75. The van der Waals surface area contributed by atoms with Gasteiger partial charge in [0.05, 0.1) is 6.54 Å². The van der Waals surface area contributed by atoms with Gasteiger partial charge in [0.15, 0.2) is 0 Å². The highest BCUT2D eigenvalue weighted by molar-refractivity contribution is 4.88. The average molecular weight is 233 g/mol. The number of hydrogen-bond donors (Lipinski definition) is 0. The zero-order valence-corrected chi connectivity index (χ0v) is 10.1. The summed E-state index contributed by atoms with van der Waals surface area (Å²) in [5.41, 5.74) is 0.0185. The summed E-state index contributed by atoms with van der Waals surface area (Å²) >= 11 is 0. The number of rotatable bonds is 4. The van der Waals surface area contributed by atoms with E-state index in [1.54, 1.807) is 23.0 Å². The molecule has 3 rings (SSSR count). The predicted octanol–water partition coefficient (Wildman–Crippen LogP) is 0.975. The van der Waals surface area contributed by atoms with E-state index in [9.17, 15) is 4.79 Å². The first kappa shape index (κ1) is 11.0. The second-order valence-corrected chi connectivity index (χ2v) is 5.43. The van der Waals surface area contributed by atoms with Gasteiger partial charge in [-0.05, 0) is 24.8 Å². The first-order valence-electron chi connectivity index (χ1n) is 6.56. The summed E-state index contributed by atoms with van der Waals surface area (Å²) in [6.45, 7) is 4.33. The van der Waals surface area contributed by atoms with Crippen molar-refractivity contribution in [2.75, 3.05) is 19.6 Å². The molecule has 4 nitrogen and oxygen atoms in total. The Morgan fingerprint density at radius 2 is 2.06 bits per heavy atom. The highest BCUT2D eigenvalue weighted by atomic mass is 16.1. The molecular weight excluding hydrogens is 214 g/mol. The van der Waals surface area contributed by atoms with Crippen molar-refractivity contribution in [3.8, 4) is 0 Å². The van der Waals surface area contributed by atoms with E-state index in [4.69, 9.17) is 0 Å². The van der Waals surface area contributed by atoms with Gasteiger partial charge in [-0.3, -0.25) is 4.79 Å². The van der Waals surface area contributed by atoms with Crippen LogP contribution in [0.15, 0.2) is 23.1 Å². The predicted molar refractivity (Wildman–Crippen MR) is 65.8 cm³/mol. The van der Waals surface area contributed by atoms with Crippen LogP contribution >= 0.6 is 0 Å². The molecule has 4 heteroatoms. The minimum absolute atomic E-state index is 0.0185. The second kappa shape index (κ2) is 4.61. The molecule has 1 aromatic rings. The van der Waals surface area contributed by atoms with Crippen LogP contribution in [-0.2, 0) is 6.54 Å². The Morgan fingerprint density at radius 1 is 1.24 bits per heavy atom. The van der Waals surface area contributed by atoms with Crippen LogP contribution in [0.3, 0.4) is 0 Å². The molecule has 2 aliphatic rings. The van der Waals surface area contributed by atoms with E-state index >= 15 is 0 Å². The van der Waals surface area contributed by atoms with Gasteiger partial charge in [-0.2, -0.15) is 5.10 Å². The Labute approximate surface area is 101 Å². The van der Waals surface area contributed by atoms with Gasteiger partial charge in [0.25, 0.3) is 5.56 Å². The Hall–Kier alpha value is -1.16. The summed E-state index contributed by atoms with van der Waals surface area (Å²) < 4.78 is 1.59. The molecule has 1 aromatic heterocycles. The lowest BCUT2D eigenvalue weighted by Gasteiger charge is -2.42. The van der Waals surface area contributed by atoms with Crippen LogP contribution in [0.4, 0.5) is 0 Å². The maximum absolute atomic E-state index is 11.5. The van der Waals surface area contributed by atoms with Crippen LogP contribution < -0.4 is 5.56 Å². The fourth-order valence-corrected chi connectivity index (χ4v) is 2.75. The zero-order valence-electron chi connectivity index (χ0n) is 10.1. The van der Waals surface area contributed by atoms with E-state index in [0.717, 1.165) is 25.6 Å². The lowest BCUT2D eigenvalue weighted by atomic mass is 9.84. The largest absolute Gasteiger partial charge is 0.302 e. The summed E-state index contributed by atoms with van der Waals surface area (Å²) in [4.78, 5) is 14.0. The Balaban J connectivity index is 1.46. The molecule has 17 heavy (non-hydrogen) atoms. The molecule has 0 atom stereocenters. The number of hydrogen-bond acceptors (Lipinski definition) is 3. The van der Waals surface area contributed by atoms with Crippen molar-refractivity contribution in [1.82, 2.24) is 14.7 Å². The van der Waals surface area contributed by atoms with Gasteiger partial charge in [-0.25, -0.2) is 4.68 Å². The lowest BCUT2D eigenvalue weighted by molar-refractivity contribution is 0.0520. The zero-order chi connectivity index (χ0) is 11.7. The number of nitrogens with zero attached hydrogens (tertiary/aromatic N) is 3. The van der Waals surface area contributed by atoms with E-state index < -0.39 is 0 Å². The van der Waals surface area contributed by atoms with Gasteiger partial charge >= 0.3 is 0 Å². The Bertz CT molecular complexity index is 432. The highest BCUT2D eigenvalue weighted by Crippen LogP contribution is 2.29. The summed E-state index contributed by atoms with van der Waals surface area (Å²) in [6, 6.07) is 3.28. The van der Waals surface area contributed by atoms with Crippen LogP contribution in [0.2, 0.25) is 0 Å². The van der Waals surface area contributed by atoms with Crippen molar-refractivity contribution < 1.29 is 0 Å². The van der Waals surface area contributed by atoms with Crippen molar-refractivity contribution in [3.63, 3.8) is 0 Å². The second-order valence-electron chi connectivity index (χ2n) is 5.43. The van der Waals surface area contributed by atoms with E-state index in [0.29, 0.717) is 5.92 Å². The van der Waals surface area contributed by atoms with Crippen LogP contribution in [0.5, 0.6) is 0 Å². The van der Waals surface area contributed by atoms with Crippen molar-refractivity contribution in [2.24, 2.45) is 11.8 Å². The summed E-state index contributed by atoms with van der Waals surface area (Å²) in [7, 11) is 0. The van der Waals surface area contributed by atoms with Gasteiger partial charge in [0.1, 0.15) is 0 Å². The standard InChI is InChI=1S/C13H19N3O/c17-13-5-2-6-14-16(13)10-12-8-15(9-12)7-11-3-1-4-11/h2,5-6,11-12H,1,3-4,7-10H2. The third kappa shape index (κ3) is 2.41. The normalized spacial score (nSPS) is 22.1. The fraction of sp³-hybridized carbons (Fsp3) is 0.692. The first-order chi connectivity index (χ1) is 8.31. The van der Waals surface area contributed by atoms with Gasteiger partial charge in [-0.15, -0.1) is 0 Å². The maximum atomic E-state index is 11.5. The molecule has 0 amide bonds. The minimum Gasteiger partial charge on any atom is -0.302 e. The average Bonchev–Trinajstić information content (AvgIpc) is 2.21. The molecule has 0 unspecified atom stereocenters. The summed E-state index contributed by atoms with van der Waals surface area (Å²) in [5.74, 6) is 1.57. The van der Waals surface area contributed by atoms with Gasteiger partial charge in [-0.1, -0.05) is 6.42 Å². The third-order valence-corrected chi connectivity index (χ3v) is 3.99. The van der Waals surface area contributed by atoms with Crippen molar-refractivity contribution in [1.29, 1.82) is 0 Å². The molecule has 1 saturated heterocycles. The number of aromatic nitrogens is 2. The van der Waals surface area contributed by atoms with Crippen molar-refractivity contribution in [2.45, 2.75) is 25.8 Å². The van der Waals surface area contributed by atoms with Gasteiger partial charge in [0, 0.05) is 37.8 Å². The molecule has 0 radical (unpaired) electrons. The Kier molecular flexibility index (Phi) is 2.97. The van der Waals surface area contributed by atoms with E-state index in [1.165, 1.54) is 25.8 Å². The third-order valence-electron chi connectivity index (χ3n) is 3.99. The van der Waals surface area contributed by atoms with Crippen LogP contribution in [0, 0.1) is 11.8 Å². The molecule has 92 valence electrons. The smallest absolute Gasteiger partial charge is 0.266 e. The van der Waals surface area contributed by atoms with Crippen molar-refractivity contribution in [3.05, 3.63) is 28.7 Å². The van der Waals surface area contributed by atoms with Crippen LogP contribution in [0.25, 0.3) is 0 Å². The van der Waals surface area contributed by atoms with E-state index in [1.807, 2.05) is 0 Å². The topological polar surface area (TPSA) is 38.1 Å². The SMILES string of the molecule is O=c1cccnn1CC1CN(CC2CCC2)C1. The summed E-state index contributed by atoms with van der Waals surface area (Å²) in [5, 5.41) is 4.10. The number of likely N-dealkylation sites (tertiary alicyclic amines) is 1. The maximum Gasteiger partial charge on any atom is 0.266 e. The van der Waals surface area contributed by atoms with Crippen molar-refractivity contribution >= 4 is 0 Å². The quantitative estimate of drug-likeness (QED) is 0.778.